The lowest BCUT2D eigenvalue weighted by Crippen LogP contribution is -1.93. The van der Waals surface area contributed by atoms with Crippen LogP contribution in [0.1, 0.15) is 16.7 Å². The van der Waals surface area contributed by atoms with Crippen molar-refractivity contribution in [2.45, 2.75) is 6.92 Å². The molecular weight excluding hydrogens is 226 g/mol. The predicted molar refractivity (Wildman–Crippen MR) is 64.9 cm³/mol. The Morgan fingerprint density at radius 2 is 2.00 bits per heavy atom. The number of benzene rings is 1. The van der Waals surface area contributed by atoms with Crippen molar-refractivity contribution >= 4 is 0 Å². The van der Waals surface area contributed by atoms with E-state index in [-0.39, 0.29) is 5.88 Å². The second-order valence-electron chi connectivity index (χ2n) is 3.66. The summed E-state index contributed by atoms with van der Waals surface area (Å²) < 4.78 is 5.59. The van der Waals surface area contributed by atoms with Gasteiger partial charge in [0.25, 0.3) is 0 Å². The predicted octanol–water partition coefficient (Wildman–Crippen LogP) is 2.93. The molecule has 0 atom stereocenters. The maximum atomic E-state index is 8.94. The number of nitrogens with zero attached hydrogens (tertiary/aromatic N) is 3. The molecule has 1 aromatic carbocycles. The average molecular weight is 235 g/mol. The highest BCUT2D eigenvalue weighted by Crippen LogP contribution is 2.26. The summed E-state index contributed by atoms with van der Waals surface area (Å²) in [7, 11) is 0. The Bertz CT molecular complexity index is 665. The van der Waals surface area contributed by atoms with E-state index in [1.807, 2.05) is 19.1 Å². The van der Waals surface area contributed by atoms with Gasteiger partial charge in [-0.2, -0.15) is 10.5 Å². The van der Waals surface area contributed by atoms with Gasteiger partial charge in [-0.15, -0.1) is 0 Å². The highest BCUT2D eigenvalue weighted by Gasteiger charge is 2.08. The molecule has 0 saturated carbocycles. The fourth-order valence-electron chi connectivity index (χ4n) is 1.44. The van der Waals surface area contributed by atoms with Crippen molar-refractivity contribution in [3.8, 4) is 23.8 Å². The van der Waals surface area contributed by atoms with E-state index >= 15 is 0 Å². The van der Waals surface area contributed by atoms with E-state index in [9.17, 15) is 0 Å². The quantitative estimate of drug-likeness (QED) is 0.802. The van der Waals surface area contributed by atoms with Crippen molar-refractivity contribution in [2.75, 3.05) is 0 Å². The minimum absolute atomic E-state index is 0.248. The van der Waals surface area contributed by atoms with Gasteiger partial charge in [0.15, 0.2) is 0 Å². The lowest BCUT2D eigenvalue weighted by molar-refractivity contribution is 0.457. The van der Waals surface area contributed by atoms with E-state index in [1.165, 1.54) is 0 Å². The second kappa shape index (κ2) is 4.99. The molecule has 0 fully saturated rings. The van der Waals surface area contributed by atoms with Crippen LogP contribution in [-0.2, 0) is 0 Å². The van der Waals surface area contributed by atoms with E-state index in [4.69, 9.17) is 15.3 Å². The van der Waals surface area contributed by atoms with Crippen LogP contribution in [0.3, 0.4) is 0 Å². The van der Waals surface area contributed by atoms with Gasteiger partial charge in [0.2, 0.25) is 5.88 Å². The number of pyridine rings is 1. The van der Waals surface area contributed by atoms with Crippen LogP contribution in [0, 0.1) is 29.6 Å². The Morgan fingerprint density at radius 3 is 2.72 bits per heavy atom. The molecule has 0 saturated heterocycles. The van der Waals surface area contributed by atoms with Crippen molar-refractivity contribution in [1.29, 1.82) is 10.5 Å². The molecule has 2 aromatic rings. The van der Waals surface area contributed by atoms with E-state index in [2.05, 4.69) is 4.98 Å². The van der Waals surface area contributed by atoms with E-state index in [1.54, 1.807) is 36.5 Å². The second-order valence-corrected chi connectivity index (χ2v) is 3.66. The molecule has 0 bridgehead atoms. The molecule has 0 unspecified atom stereocenters. The Balaban J connectivity index is 2.41. The largest absolute Gasteiger partial charge is 0.437 e. The molecule has 0 amide bonds. The summed E-state index contributed by atoms with van der Waals surface area (Å²) in [6.45, 7) is 1.87. The number of aryl methyl sites for hydroxylation is 1. The van der Waals surface area contributed by atoms with Crippen molar-refractivity contribution in [1.82, 2.24) is 4.98 Å². The number of hydrogen-bond donors (Lipinski definition) is 0. The summed E-state index contributed by atoms with van der Waals surface area (Å²) in [5, 5.41) is 17.8. The zero-order valence-corrected chi connectivity index (χ0v) is 9.71. The van der Waals surface area contributed by atoms with Gasteiger partial charge >= 0.3 is 0 Å². The first-order valence-electron chi connectivity index (χ1n) is 5.28. The Labute approximate surface area is 105 Å². The fraction of sp³-hybridized carbons (Fsp3) is 0.0714. The minimum atomic E-state index is 0.248. The molecule has 0 aliphatic heterocycles. The molecule has 4 heteroatoms. The maximum absolute atomic E-state index is 8.94. The Morgan fingerprint density at radius 1 is 1.17 bits per heavy atom. The monoisotopic (exact) mass is 235 g/mol. The average Bonchev–Trinajstić information content (AvgIpc) is 2.42. The summed E-state index contributed by atoms with van der Waals surface area (Å²) in [6, 6.07) is 12.5. The van der Waals surface area contributed by atoms with Crippen LogP contribution < -0.4 is 4.74 Å². The first kappa shape index (κ1) is 11.6. The van der Waals surface area contributed by atoms with E-state index in [0.717, 1.165) is 5.56 Å². The molecule has 86 valence electrons. The van der Waals surface area contributed by atoms with Crippen LogP contribution in [0.5, 0.6) is 11.6 Å². The SMILES string of the molecule is Cc1ccc(C#N)cc1Oc1ncccc1C#N. The lowest BCUT2D eigenvalue weighted by atomic mass is 10.1. The first-order valence-corrected chi connectivity index (χ1v) is 5.28. The van der Waals surface area contributed by atoms with Crippen molar-refractivity contribution in [2.24, 2.45) is 0 Å². The fourth-order valence-corrected chi connectivity index (χ4v) is 1.44. The summed E-state index contributed by atoms with van der Waals surface area (Å²) in [5.41, 5.74) is 1.74. The van der Waals surface area contributed by atoms with E-state index in [0.29, 0.717) is 16.9 Å². The molecule has 0 spiro atoms. The van der Waals surface area contributed by atoms with Crippen LogP contribution in [-0.4, -0.2) is 4.98 Å². The molecular formula is C14H9N3O. The number of hydrogen-bond acceptors (Lipinski definition) is 4. The molecule has 1 heterocycles. The molecule has 18 heavy (non-hydrogen) atoms. The molecule has 4 nitrogen and oxygen atoms in total. The lowest BCUT2D eigenvalue weighted by Gasteiger charge is -2.08. The zero-order valence-electron chi connectivity index (χ0n) is 9.71. The maximum Gasteiger partial charge on any atom is 0.237 e. The molecule has 0 aliphatic rings. The number of ether oxygens (including phenoxy) is 1. The zero-order chi connectivity index (χ0) is 13.0. The molecule has 0 N–H and O–H groups in total. The summed E-state index contributed by atoms with van der Waals surface area (Å²) in [6.07, 6.45) is 1.56. The third-order valence-electron chi connectivity index (χ3n) is 2.42. The van der Waals surface area contributed by atoms with Gasteiger partial charge in [-0.3, -0.25) is 0 Å². The van der Waals surface area contributed by atoms with Gasteiger partial charge in [-0.05, 0) is 36.8 Å². The topological polar surface area (TPSA) is 69.7 Å². The van der Waals surface area contributed by atoms with Gasteiger partial charge in [0.05, 0.1) is 11.6 Å². The molecule has 1 aromatic heterocycles. The van der Waals surface area contributed by atoms with Crippen LogP contribution in [0.4, 0.5) is 0 Å². The molecule has 2 rings (SSSR count). The van der Waals surface area contributed by atoms with Gasteiger partial charge in [-0.1, -0.05) is 6.07 Å². The minimum Gasteiger partial charge on any atom is -0.437 e. The Kier molecular flexibility index (Phi) is 3.22. The van der Waals surface area contributed by atoms with Crippen molar-refractivity contribution in [3.63, 3.8) is 0 Å². The van der Waals surface area contributed by atoms with Crippen LogP contribution in [0.25, 0.3) is 0 Å². The normalized spacial score (nSPS) is 9.28. The first-order chi connectivity index (χ1) is 8.74. The third kappa shape index (κ3) is 2.28. The van der Waals surface area contributed by atoms with Gasteiger partial charge in [0.1, 0.15) is 17.4 Å². The standard InChI is InChI=1S/C14H9N3O/c1-10-4-5-11(8-15)7-13(10)18-14-12(9-16)3-2-6-17-14/h2-7H,1H3. The molecule has 0 radical (unpaired) electrons. The summed E-state index contributed by atoms with van der Waals surface area (Å²) in [5.74, 6) is 0.780. The highest BCUT2D eigenvalue weighted by atomic mass is 16.5. The van der Waals surface area contributed by atoms with Crippen molar-refractivity contribution < 1.29 is 4.74 Å². The van der Waals surface area contributed by atoms with Gasteiger partial charge < -0.3 is 4.74 Å². The Hall–Kier alpha value is -2.85. The van der Waals surface area contributed by atoms with E-state index < -0.39 is 0 Å². The smallest absolute Gasteiger partial charge is 0.237 e. The molecule has 0 aliphatic carbocycles. The van der Waals surface area contributed by atoms with Crippen LogP contribution >= 0.6 is 0 Å². The third-order valence-corrected chi connectivity index (χ3v) is 2.42. The van der Waals surface area contributed by atoms with Crippen LogP contribution in [0.15, 0.2) is 36.5 Å². The summed E-state index contributed by atoms with van der Waals surface area (Å²) >= 11 is 0. The van der Waals surface area contributed by atoms with Gasteiger partial charge in [-0.25, -0.2) is 4.98 Å². The highest BCUT2D eigenvalue weighted by molar-refractivity contribution is 5.46. The number of aromatic nitrogens is 1. The van der Waals surface area contributed by atoms with Crippen LogP contribution in [0.2, 0.25) is 0 Å². The summed E-state index contributed by atoms with van der Waals surface area (Å²) in [4.78, 5) is 4.01. The number of nitriles is 2. The van der Waals surface area contributed by atoms with Gasteiger partial charge in [0, 0.05) is 6.20 Å². The van der Waals surface area contributed by atoms with Crippen molar-refractivity contribution in [3.05, 3.63) is 53.2 Å². The number of rotatable bonds is 2.